The van der Waals surface area contributed by atoms with E-state index in [0.717, 1.165) is 35.9 Å². The van der Waals surface area contributed by atoms with Gasteiger partial charge in [0.15, 0.2) is 5.76 Å². The summed E-state index contributed by atoms with van der Waals surface area (Å²) in [5.41, 5.74) is 1.96. The number of nitrogens with one attached hydrogen (secondary N) is 2. The Labute approximate surface area is 88.7 Å². The molecule has 4 heteroatoms. The molecule has 2 heterocycles. The third-order valence-electron chi connectivity index (χ3n) is 2.30. The summed E-state index contributed by atoms with van der Waals surface area (Å²) in [5, 5.41) is 3.10. The summed E-state index contributed by atoms with van der Waals surface area (Å²) in [6, 6.07) is 3.79. The van der Waals surface area contributed by atoms with E-state index in [1.165, 1.54) is 0 Å². The average Bonchev–Trinajstić information content (AvgIpc) is 2.83. The number of hydrogen-bond acceptors (Lipinski definition) is 3. The van der Waals surface area contributed by atoms with E-state index < -0.39 is 0 Å². The summed E-state index contributed by atoms with van der Waals surface area (Å²) in [7, 11) is 1.93. The maximum absolute atomic E-state index is 5.32. The molecule has 0 aliphatic carbocycles. The van der Waals surface area contributed by atoms with Gasteiger partial charge in [-0.1, -0.05) is 0 Å². The van der Waals surface area contributed by atoms with Crippen LogP contribution >= 0.6 is 0 Å². The van der Waals surface area contributed by atoms with E-state index in [0.29, 0.717) is 0 Å². The molecule has 2 aromatic rings. The number of aromatic nitrogens is 2. The van der Waals surface area contributed by atoms with E-state index >= 15 is 0 Å². The smallest absolute Gasteiger partial charge is 0.154 e. The number of nitrogens with zero attached hydrogens (tertiary/aromatic N) is 1. The van der Waals surface area contributed by atoms with Crippen LogP contribution in [0.4, 0.5) is 0 Å². The normalized spacial score (nSPS) is 10.8. The van der Waals surface area contributed by atoms with Crippen LogP contribution in [-0.4, -0.2) is 23.6 Å². The van der Waals surface area contributed by atoms with Gasteiger partial charge in [0, 0.05) is 18.7 Å². The van der Waals surface area contributed by atoms with E-state index in [1.807, 2.05) is 26.1 Å². The second kappa shape index (κ2) is 4.31. The highest BCUT2D eigenvalue weighted by molar-refractivity contribution is 5.55. The molecule has 0 saturated carbocycles. The fraction of sp³-hybridized carbons (Fsp3) is 0.364. The van der Waals surface area contributed by atoms with Crippen LogP contribution in [0.15, 0.2) is 22.8 Å². The van der Waals surface area contributed by atoms with Gasteiger partial charge in [-0.05, 0) is 26.1 Å². The molecule has 2 aromatic heterocycles. The van der Waals surface area contributed by atoms with Crippen LogP contribution in [0, 0.1) is 6.92 Å². The molecular formula is C11H15N3O. The maximum atomic E-state index is 5.32. The highest BCUT2D eigenvalue weighted by atomic mass is 16.3. The molecule has 2 N–H and O–H groups in total. The number of aromatic amines is 1. The van der Waals surface area contributed by atoms with Crippen molar-refractivity contribution in [1.82, 2.24) is 15.3 Å². The molecule has 15 heavy (non-hydrogen) atoms. The molecular weight excluding hydrogens is 190 g/mol. The third kappa shape index (κ3) is 2.10. The van der Waals surface area contributed by atoms with Gasteiger partial charge in [-0.15, -0.1) is 0 Å². The first-order valence-electron chi connectivity index (χ1n) is 5.05. The van der Waals surface area contributed by atoms with Crippen molar-refractivity contribution in [3.05, 3.63) is 29.9 Å². The van der Waals surface area contributed by atoms with Crippen LogP contribution in [0.5, 0.6) is 0 Å². The zero-order valence-corrected chi connectivity index (χ0v) is 9.00. The summed E-state index contributed by atoms with van der Waals surface area (Å²) in [4.78, 5) is 7.76. The number of hydrogen-bond donors (Lipinski definition) is 2. The molecule has 0 aliphatic rings. The molecule has 0 amide bonds. The molecule has 0 bridgehead atoms. The van der Waals surface area contributed by atoms with E-state index in [4.69, 9.17) is 4.42 Å². The Balaban J connectivity index is 2.22. The molecule has 0 saturated heterocycles. The third-order valence-corrected chi connectivity index (χ3v) is 2.30. The topological polar surface area (TPSA) is 53.9 Å². The monoisotopic (exact) mass is 205 g/mol. The van der Waals surface area contributed by atoms with Gasteiger partial charge in [0.2, 0.25) is 0 Å². The first kappa shape index (κ1) is 9.98. The van der Waals surface area contributed by atoms with Crippen molar-refractivity contribution in [1.29, 1.82) is 0 Å². The Kier molecular flexibility index (Phi) is 2.87. The van der Waals surface area contributed by atoms with Crippen LogP contribution < -0.4 is 5.32 Å². The van der Waals surface area contributed by atoms with Crippen molar-refractivity contribution in [2.75, 3.05) is 13.6 Å². The highest BCUT2D eigenvalue weighted by Gasteiger charge is 2.10. The Morgan fingerprint density at radius 1 is 1.53 bits per heavy atom. The predicted octanol–water partition coefficient (Wildman–Crippen LogP) is 1.74. The van der Waals surface area contributed by atoms with E-state index in [-0.39, 0.29) is 0 Å². The number of furan rings is 1. The van der Waals surface area contributed by atoms with Crippen molar-refractivity contribution >= 4 is 0 Å². The van der Waals surface area contributed by atoms with Gasteiger partial charge in [-0.25, -0.2) is 4.98 Å². The van der Waals surface area contributed by atoms with E-state index in [2.05, 4.69) is 15.3 Å². The molecule has 2 rings (SSSR count). The lowest BCUT2D eigenvalue weighted by molar-refractivity contribution is 0.580. The number of imidazole rings is 1. The van der Waals surface area contributed by atoms with Crippen molar-refractivity contribution < 1.29 is 4.42 Å². The maximum Gasteiger partial charge on any atom is 0.154 e. The van der Waals surface area contributed by atoms with Crippen LogP contribution in [0.25, 0.3) is 11.5 Å². The summed E-state index contributed by atoms with van der Waals surface area (Å²) in [6.07, 6.45) is 2.56. The van der Waals surface area contributed by atoms with Gasteiger partial charge in [-0.3, -0.25) is 0 Å². The molecule has 0 aliphatic heterocycles. The van der Waals surface area contributed by atoms with E-state index in [1.54, 1.807) is 6.26 Å². The van der Waals surface area contributed by atoms with Crippen LogP contribution in [0.2, 0.25) is 0 Å². The van der Waals surface area contributed by atoms with Crippen LogP contribution in [-0.2, 0) is 6.42 Å². The van der Waals surface area contributed by atoms with Gasteiger partial charge < -0.3 is 14.7 Å². The van der Waals surface area contributed by atoms with Gasteiger partial charge in [-0.2, -0.15) is 0 Å². The molecule has 0 unspecified atom stereocenters. The van der Waals surface area contributed by atoms with Gasteiger partial charge in [0.25, 0.3) is 0 Å². The van der Waals surface area contributed by atoms with Gasteiger partial charge >= 0.3 is 0 Å². The zero-order chi connectivity index (χ0) is 10.7. The fourth-order valence-electron chi connectivity index (χ4n) is 1.54. The summed E-state index contributed by atoms with van der Waals surface area (Å²) < 4.78 is 5.32. The lowest BCUT2D eigenvalue weighted by Gasteiger charge is -1.93. The number of H-pyrrole nitrogens is 1. The minimum atomic E-state index is 0.819. The number of aryl methyl sites for hydroxylation is 1. The Hall–Kier alpha value is -1.55. The standard InChI is InChI=1S/C11H15N3O/c1-8-11(9-4-3-7-15-9)14-10(13-8)5-6-12-2/h3-4,7,12H,5-6H2,1-2H3,(H,13,14). The summed E-state index contributed by atoms with van der Waals surface area (Å²) in [6.45, 7) is 2.93. The first-order valence-corrected chi connectivity index (χ1v) is 5.05. The zero-order valence-electron chi connectivity index (χ0n) is 9.00. The second-order valence-corrected chi connectivity index (χ2v) is 3.49. The number of likely N-dealkylation sites (N-methyl/N-ethyl adjacent to an activating group) is 1. The second-order valence-electron chi connectivity index (χ2n) is 3.49. The Morgan fingerprint density at radius 3 is 3.07 bits per heavy atom. The Bertz CT molecular complexity index is 417. The van der Waals surface area contributed by atoms with Gasteiger partial charge in [0.1, 0.15) is 11.5 Å². The summed E-state index contributed by atoms with van der Waals surface area (Å²) >= 11 is 0. The molecule has 0 aromatic carbocycles. The minimum Gasteiger partial charge on any atom is -0.463 e. The minimum absolute atomic E-state index is 0.819. The Morgan fingerprint density at radius 2 is 2.40 bits per heavy atom. The molecule has 80 valence electrons. The summed E-state index contributed by atoms with van der Waals surface area (Å²) in [5.74, 6) is 1.81. The van der Waals surface area contributed by atoms with Crippen molar-refractivity contribution in [3.63, 3.8) is 0 Å². The van der Waals surface area contributed by atoms with Gasteiger partial charge in [0.05, 0.1) is 6.26 Å². The molecule has 0 atom stereocenters. The lowest BCUT2D eigenvalue weighted by atomic mass is 10.3. The highest BCUT2D eigenvalue weighted by Crippen LogP contribution is 2.21. The van der Waals surface area contributed by atoms with Crippen molar-refractivity contribution in [2.45, 2.75) is 13.3 Å². The van der Waals surface area contributed by atoms with Crippen LogP contribution in [0.1, 0.15) is 11.5 Å². The first-order chi connectivity index (χ1) is 7.31. The SMILES string of the molecule is CNCCc1nc(-c2ccco2)c(C)[nH]1. The van der Waals surface area contributed by atoms with Crippen LogP contribution in [0.3, 0.4) is 0 Å². The lowest BCUT2D eigenvalue weighted by Crippen LogP contribution is -2.11. The quantitative estimate of drug-likeness (QED) is 0.799. The van der Waals surface area contributed by atoms with E-state index in [9.17, 15) is 0 Å². The fourth-order valence-corrected chi connectivity index (χ4v) is 1.54. The molecule has 0 fully saturated rings. The molecule has 0 spiro atoms. The molecule has 0 radical (unpaired) electrons. The average molecular weight is 205 g/mol. The van der Waals surface area contributed by atoms with Crippen molar-refractivity contribution in [2.24, 2.45) is 0 Å². The molecule has 4 nitrogen and oxygen atoms in total. The number of rotatable bonds is 4. The largest absolute Gasteiger partial charge is 0.463 e. The van der Waals surface area contributed by atoms with Crippen molar-refractivity contribution in [3.8, 4) is 11.5 Å². The predicted molar refractivity (Wildman–Crippen MR) is 58.7 cm³/mol.